The van der Waals surface area contributed by atoms with Crippen LogP contribution in [0.25, 0.3) is 5.57 Å². The SMILES string of the molecule is COCCOc1ccc(/C(C)=C\C(=O)O)c(OCc2ccccc2)c1. The fourth-order valence-electron chi connectivity index (χ4n) is 2.28. The summed E-state index contributed by atoms with van der Waals surface area (Å²) in [7, 11) is 1.61. The van der Waals surface area contributed by atoms with Crippen molar-refractivity contribution in [1.82, 2.24) is 0 Å². The zero-order valence-electron chi connectivity index (χ0n) is 14.4. The molecule has 0 unspecified atom stereocenters. The molecule has 132 valence electrons. The van der Waals surface area contributed by atoms with Gasteiger partial charge in [-0.15, -0.1) is 0 Å². The lowest BCUT2D eigenvalue weighted by Gasteiger charge is -2.14. The van der Waals surface area contributed by atoms with Gasteiger partial charge in [0.05, 0.1) is 6.61 Å². The Hall–Kier alpha value is -2.79. The van der Waals surface area contributed by atoms with E-state index in [0.717, 1.165) is 17.2 Å². The van der Waals surface area contributed by atoms with E-state index in [1.54, 1.807) is 32.2 Å². The topological polar surface area (TPSA) is 65.0 Å². The van der Waals surface area contributed by atoms with Gasteiger partial charge < -0.3 is 19.3 Å². The van der Waals surface area contributed by atoms with Gasteiger partial charge in [-0.2, -0.15) is 0 Å². The molecule has 0 radical (unpaired) electrons. The van der Waals surface area contributed by atoms with Gasteiger partial charge >= 0.3 is 5.97 Å². The molecule has 1 N–H and O–H groups in total. The zero-order valence-corrected chi connectivity index (χ0v) is 14.4. The van der Waals surface area contributed by atoms with Crippen molar-refractivity contribution in [1.29, 1.82) is 0 Å². The van der Waals surface area contributed by atoms with Crippen molar-refractivity contribution >= 4 is 11.5 Å². The molecule has 0 saturated heterocycles. The van der Waals surface area contributed by atoms with Crippen LogP contribution in [0.3, 0.4) is 0 Å². The van der Waals surface area contributed by atoms with Crippen molar-refractivity contribution in [3.8, 4) is 11.5 Å². The maximum atomic E-state index is 11.0. The van der Waals surface area contributed by atoms with Crippen LogP contribution in [0.5, 0.6) is 11.5 Å². The van der Waals surface area contributed by atoms with E-state index < -0.39 is 5.97 Å². The third kappa shape index (κ3) is 5.97. The molecule has 5 heteroatoms. The first-order chi connectivity index (χ1) is 12.1. The summed E-state index contributed by atoms with van der Waals surface area (Å²) in [5.74, 6) is 0.229. The van der Waals surface area contributed by atoms with Crippen molar-refractivity contribution in [2.24, 2.45) is 0 Å². The zero-order chi connectivity index (χ0) is 18.1. The van der Waals surface area contributed by atoms with Gasteiger partial charge in [-0.25, -0.2) is 4.79 Å². The van der Waals surface area contributed by atoms with Gasteiger partial charge in [0.15, 0.2) is 0 Å². The highest BCUT2D eigenvalue weighted by Gasteiger charge is 2.10. The Bertz CT molecular complexity index is 722. The van der Waals surface area contributed by atoms with E-state index in [9.17, 15) is 4.79 Å². The molecule has 0 amide bonds. The summed E-state index contributed by atoms with van der Waals surface area (Å²) in [6.07, 6.45) is 1.16. The summed E-state index contributed by atoms with van der Waals surface area (Å²) in [6.45, 7) is 3.04. The first-order valence-electron chi connectivity index (χ1n) is 7.94. The highest BCUT2D eigenvalue weighted by Crippen LogP contribution is 2.31. The summed E-state index contributed by atoms with van der Waals surface area (Å²) >= 11 is 0. The Kier molecular flexibility index (Phi) is 7.04. The molecule has 2 aromatic carbocycles. The first kappa shape index (κ1) is 18.5. The van der Waals surface area contributed by atoms with Gasteiger partial charge in [-0.1, -0.05) is 30.3 Å². The van der Waals surface area contributed by atoms with E-state index >= 15 is 0 Å². The maximum absolute atomic E-state index is 11.0. The lowest BCUT2D eigenvalue weighted by Crippen LogP contribution is -2.05. The van der Waals surface area contributed by atoms with Crippen LogP contribution in [0.15, 0.2) is 54.6 Å². The summed E-state index contributed by atoms with van der Waals surface area (Å²) in [4.78, 5) is 11.0. The summed E-state index contributed by atoms with van der Waals surface area (Å²) in [5.41, 5.74) is 2.36. The minimum absolute atomic E-state index is 0.385. The third-order valence-corrected chi connectivity index (χ3v) is 3.51. The van der Waals surface area contributed by atoms with Crippen LogP contribution in [0.2, 0.25) is 0 Å². The average Bonchev–Trinajstić information content (AvgIpc) is 2.60. The Morgan fingerprint density at radius 3 is 2.52 bits per heavy atom. The fraction of sp³-hybridized carbons (Fsp3) is 0.250. The molecule has 5 nitrogen and oxygen atoms in total. The molecule has 0 spiro atoms. The second kappa shape index (κ2) is 9.49. The minimum atomic E-state index is -0.994. The second-order valence-electron chi connectivity index (χ2n) is 5.44. The van der Waals surface area contributed by atoms with Crippen LogP contribution < -0.4 is 9.47 Å². The monoisotopic (exact) mass is 342 g/mol. The van der Waals surface area contributed by atoms with Crippen LogP contribution >= 0.6 is 0 Å². The van der Waals surface area contributed by atoms with Gasteiger partial charge in [0.25, 0.3) is 0 Å². The van der Waals surface area contributed by atoms with Gasteiger partial charge in [-0.3, -0.25) is 0 Å². The molecule has 2 aromatic rings. The van der Waals surface area contributed by atoms with E-state index in [4.69, 9.17) is 19.3 Å². The van der Waals surface area contributed by atoms with E-state index in [-0.39, 0.29) is 0 Å². The number of carboxylic acids is 1. The number of methoxy groups -OCH3 is 1. The summed E-state index contributed by atoms with van der Waals surface area (Å²) < 4.78 is 16.5. The van der Waals surface area contributed by atoms with Crippen molar-refractivity contribution in [2.75, 3.05) is 20.3 Å². The van der Waals surface area contributed by atoms with Gasteiger partial charge in [0, 0.05) is 24.8 Å². The normalized spacial score (nSPS) is 11.2. The van der Waals surface area contributed by atoms with Gasteiger partial charge in [-0.05, 0) is 30.2 Å². The van der Waals surface area contributed by atoms with Crippen molar-refractivity contribution in [3.05, 3.63) is 65.7 Å². The lowest BCUT2D eigenvalue weighted by atomic mass is 10.1. The Labute approximate surface area is 147 Å². The average molecular weight is 342 g/mol. The highest BCUT2D eigenvalue weighted by molar-refractivity contribution is 5.90. The quantitative estimate of drug-likeness (QED) is 0.555. The predicted octanol–water partition coefficient (Wildman–Crippen LogP) is 3.78. The van der Waals surface area contributed by atoms with Crippen molar-refractivity contribution in [3.63, 3.8) is 0 Å². The standard InChI is InChI=1S/C20H22O5/c1-15(12-20(21)22)18-9-8-17(24-11-10-23-2)13-19(18)25-14-16-6-4-3-5-7-16/h3-9,12-13H,10-11,14H2,1-2H3,(H,21,22)/b15-12-. The molecule has 0 aliphatic carbocycles. The van der Waals surface area contributed by atoms with Crippen molar-refractivity contribution in [2.45, 2.75) is 13.5 Å². The Morgan fingerprint density at radius 1 is 1.08 bits per heavy atom. The molecular formula is C20H22O5. The number of allylic oxidation sites excluding steroid dienone is 1. The molecule has 0 aliphatic rings. The van der Waals surface area contributed by atoms with Gasteiger partial charge in [0.1, 0.15) is 24.7 Å². The molecule has 2 rings (SSSR count). The number of hydrogen-bond acceptors (Lipinski definition) is 4. The maximum Gasteiger partial charge on any atom is 0.328 e. The van der Waals surface area contributed by atoms with Crippen molar-refractivity contribution < 1.29 is 24.1 Å². The van der Waals surface area contributed by atoms with Crippen LogP contribution in [0.1, 0.15) is 18.1 Å². The molecule has 0 aromatic heterocycles. The number of benzene rings is 2. The number of hydrogen-bond donors (Lipinski definition) is 1. The van der Waals surface area contributed by atoms with E-state index in [1.165, 1.54) is 0 Å². The molecular weight excluding hydrogens is 320 g/mol. The largest absolute Gasteiger partial charge is 0.491 e. The minimum Gasteiger partial charge on any atom is -0.491 e. The number of carboxylic acid groups (broad SMARTS) is 1. The van der Waals surface area contributed by atoms with E-state index in [2.05, 4.69) is 0 Å². The lowest BCUT2D eigenvalue weighted by molar-refractivity contribution is -0.131. The molecule has 0 saturated carbocycles. The number of carbonyl (C=O) groups is 1. The summed E-state index contributed by atoms with van der Waals surface area (Å²) in [6, 6.07) is 15.1. The molecule has 0 aliphatic heterocycles. The predicted molar refractivity (Wildman–Crippen MR) is 95.9 cm³/mol. The molecule has 0 heterocycles. The van der Waals surface area contributed by atoms with E-state index in [1.807, 2.05) is 30.3 Å². The Morgan fingerprint density at radius 2 is 1.84 bits per heavy atom. The van der Waals surface area contributed by atoms with Crippen LogP contribution in [0.4, 0.5) is 0 Å². The molecule has 0 bridgehead atoms. The fourth-order valence-corrected chi connectivity index (χ4v) is 2.28. The highest BCUT2D eigenvalue weighted by atomic mass is 16.5. The third-order valence-electron chi connectivity index (χ3n) is 3.51. The first-order valence-corrected chi connectivity index (χ1v) is 7.94. The number of ether oxygens (including phenoxy) is 3. The summed E-state index contributed by atoms with van der Waals surface area (Å²) in [5, 5.41) is 8.99. The van der Waals surface area contributed by atoms with E-state index in [0.29, 0.717) is 36.9 Å². The Balaban J connectivity index is 2.23. The molecule has 0 fully saturated rings. The number of aliphatic carboxylic acids is 1. The second-order valence-corrected chi connectivity index (χ2v) is 5.44. The smallest absolute Gasteiger partial charge is 0.328 e. The molecule has 25 heavy (non-hydrogen) atoms. The van der Waals surface area contributed by atoms with Crippen LogP contribution in [0, 0.1) is 0 Å². The van der Waals surface area contributed by atoms with Gasteiger partial charge in [0.2, 0.25) is 0 Å². The number of rotatable bonds is 9. The molecule has 0 atom stereocenters. The van der Waals surface area contributed by atoms with Crippen LogP contribution in [-0.4, -0.2) is 31.4 Å². The van der Waals surface area contributed by atoms with Crippen LogP contribution in [-0.2, 0) is 16.1 Å².